The molecule has 0 aliphatic heterocycles. The fraction of sp³-hybridized carbons (Fsp3) is 0.500. The maximum absolute atomic E-state index is 11.2. The molecule has 0 heterocycles. The number of carbonyl (C=O) groups excluding carboxylic acids is 1. The van der Waals surface area contributed by atoms with E-state index < -0.39 is 8.32 Å². The van der Waals surface area contributed by atoms with E-state index in [9.17, 15) is 4.79 Å². The molecule has 100 valence electrons. The average Bonchev–Trinajstić information content (AvgIpc) is 2.22. The summed E-state index contributed by atoms with van der Waals surface area (Å²) < 4.78 is 6.22. The van der Waals surface area contributed by atoms with Crippen molar-refractivity contribution in [3.8, 4) is 5.75 Å². The lowest BCUT2D eigenvalue weighted by Gasteiger charge is -2.37. The van der Waals surface area contributed by atoms with Gasteiger partial charge in [0.15, 0.2) is 6.29 Å². The second-order valence-electron chi connectivity index (χ2n) is 6.09. The molecule has 0 atom stereocenters. The first-order chi connectivity index (χ1) is 8.10. The largest absolute Gasteiger partial charge is 0.543 e. The van der Waals surface area contributed by atoms with Gasteiger partial charge in [-0.1, -0.05) is 38.4 Å². The Labute approximate surface area is 115 Å². The third kappa shape index (κ3) is 2.95. The minimum atomic E-state index is -1.97. The molecule has 0 aliphatic rings. The van der Waals surface area contributed by atoms with Crippen molar-refractivity contribution < 1.29 is 9.22 Å². The summed E-state index contributed by atoms with van der Waals surface area (Å²) in [5.41, 5.74) is 1.41. The smallest absolute Gasteiger partial charge is 0.250 e. The number of aryl methyl sites for hydroxylation is 1. The lowest BCUT2D eigenvalue weighted by atomic mass is 10.1. The van der Waals surface area contributed by atoms with Crippen molar-refractivity contribution in [2.45, 2.75) is 45.8 Å². The van der Waals surface area contributed by atoms with Crippen molar-refractivity contribution in [1.29, 1.82) is 0 Å². The highest BCUT2D eigenvalue weighted by molar-refractivity contribution is 6.74. The lowest BCUT2D eigenvalue weighted by molar-refractivity contribution is 0.112. The molecule has 1 rings (SSSR count). The van der Waals surface area contributed by atoms with Gasteiger partial charge in [0.25, 0.3) is 8.32 Å². The summed E-state index contributed by atoms with van der Waals surface area (Å²) >= 11 is 6.05. The Morgan fingerprint density at radius 2 is 1.83 bits per heavy atom. The van der Waals surface area contributed by atoms with Gasteiger partial charge in [-0.05, 0) is 36.7 Å². The SMILES string of the molecule is Cc1ccc(Cl)c(C=O)c1O[Si](C)(C)C(C)(C)C. The van der Waals surface area contributed by atoms with E-state index in [-0.39, 0.29) is 5.04 Å². The summed E-state index contributed by atoms with van der Waals surface area (Å²) in [5.74, 6) is 0.643. The van der Waals surface area contributed by atoms with E-state index in [1.165, 1.54) is 0 Å². The second-order valence-corrected chi connectivity index (χ2v) is 11.2. The zero-order chi connectivity index (χ0) is 14.1. The molecule has 0 N–H and O–H groups in total. The molecule has 0 radical (unpaired) electrons. The molecule has 0 amide bonds. The number of aldehydes is 1. The summed E-state index contributed by atoms with van der Waals surface area (Å²) in [6, 6.07) is 3.62. The van der Waals surface area contributed by atoms with Gasteiger partial charge in [0.2, 0.25) is 0 Å². The number of benzene rings is 1. The first kappa shape index (κ1) is 15.3. The quantitative estimate of drug-likeness (QED) is 0.586. The van der Waals surface area contributed by atoms with Crippen molar-refractivity contribution in [3.63, 3.8) is 0 Å². The fourth-order valence-corrected chi connectivity index (χ4v) is 2.62. The van der Waals surface area contributed by atoms with E-state index in [1.807, 2.05) is 13.0 Å². The molecule has 0 saturated carbocycles. The van der Waals surface area contributed by atoms with Crippen LogP contribution in [0.25, 0.3) is 0 Å². The molecule has 0 saturated heterocycles. The molecule has 0 aliphatic carbocycles. The first-order valence-electron chi connectivity index (χ1n) is 6.03. The Morgan fingerprint density at radius 3 is 2.28 bits per heavy atom. The van der Waals surface area contributed by atoms with Crippen LogP contribution >= 0.6 is 11.6 Å². The predicted molar refractivity (Wildman–Crippen MR) is 79.4 cm³/mol. The van der Waals surface area contributed by atoms with Gasteiger partial charge in [-0.25, -0.2) is 0 Å². The maximum atomic E-state index is 11.2. The molecular formula is C14H21ClO2Si. The third-order valence-corrected chi connectivity index (χ3v) is 8.28. The monoisotopic (exact) mass is 284 g/mol. The summed E-state index contributed by atoms with van der Waals surface area (Å²) in [6.07, 6.45) is 0.776. The summed E-state index contributed by atoms with van der Waals surface area (Å²) in [5, 5.41) is 0.534. The third-order valence-electron chi connectivity index (χ3n) is 3.62. The van der Waals surface area contributed by atoms with Crippen LogP contribution in [0.5, 0.6) is 5.75 Å². The van der Waals surface area contributed by atoms with E-state index >= 15 is 0 Å². The van der Waals surface area contributed by atoms with Crippen LogP contribution in [-0.4, -0.2) is 14.6 Å². The Hall–Kier alpha value is -0.803. The van der Waals surface area contributed by atoms with Crippen LogP contribution in [0.15, 0.2) is 12.1 Å². The second kappa shape index (κ2) is 5.06. The fourth-order valence-electron chi connectivity index (χ4n) is 1.34. The number of hydrogen-bond donors (Lipinski definition) is 0. The van der Waals surface area contributed by atoms with E-state index in [0.29, 0.717) is 16.3 Å². The van der Waals surface area contributed by atoms with Gasteiger partial charge >= 0.3 is 0 Å². The Morgan fingerprint density at radius 1 is 1.28 bits per heavy atom. The highest BCUT2D eigenvalue weighted by atomic mass is 35.5. The molecule has 1 aromatic rings. The molecule has 0 spiro atoms. The number of hydrogen-bond acceptors (Lipinski definition) is 2. The van der Waals surface area contributed by atoms with Crippen LogP contribution in [0.4, 0.5) is 0 Å². The number of halogens is 1. The van der Waals surface area contributed by atoms with Crippen molar-refractivity contribution in [2.75, 3.05) is 0 Å². The van der Waals surface area contributed by atoms with Crippen molar-refractivity contribution in [3.05, 3.63) is 28.3 Å². The molecule has 1 aromatic carbocycles. The zero-order valence-corrected chi connectivity index (χ0v) is 13.7. The minimum absolute atomic E-state index is 0.0852. The number of carbonyl (C=O) groups is 1. The van der Waals surface area contributed by atoms with E-state index in [1.54, 1.807) is 6.07 Å². The van der Waals surface area contributed by atoms with Gasteiger partial charge in [0.1, 0.15) is 5.75 Å². The molecule has 0 bridgehead atoms. The summed E-state index contributed by atoms with van der Waals surface area (Å²) in [6.45, 7) is 12.7. The van der Waals surface area contributed by atoms with Gasteiger partial charge in [0.05, 0.1) is 10.6 Å². The standard InChI is InChI=1S/C14H21ClO2Si/c1-10-7-8-12(15)11(9-16)13(10)17-18(5,6)14(2,3)4/h7-9H,1-6H3. The van der Waals surface area contributed by atoms with Crippen LogP contribution in [-0.2, 0) is 0 Å². The highest BCUT2D eigenvalue weighted by Gasteiger charge is 2.39. The van der Waals surface area contributed by atoms with Crippen molar-refractivity contribution in [1.82, 2.24) is 0 Å². The summed E-state index contributed by atoms with van der Waals surface area (Å²) in [7, 11) is -1.97. The molecular weight excluding hydrogens is 264 g/mol. The molecule has 0 unspecified atom stereocenters. The predicted octanol–water partition coefficient (Wildman–Crippen LogP) is 4.84. The molecule has 2 nitrogen and oxygen atoms in total. The van der Waals surface area contributed by atoms with Crippen molar-refractivity contribution in [2.24, 2.45) is 0 Å². The van der Waals surface area contributed by atoms with Gasteiger partial charge < -0.3 is 4.43 Å². The van der Waals surface area contributed by atoms with E-state index in [0.717, 1.165) is 11.8 Å². The van der Waals surface area contributed by atoms with Crippen LogP contribution in [0.3, 0.4) is 0 Å². The molecule has 0 aromatic heterocycles. The molecule has 0 fully saturated rings. The van der Waals surface area contributed by atoms with E-state index in [4.69, 9.17) is 16.0 Å². The topological polar surface area (TPSA) is 26.3 Å². The highest BCUT2D eigenvalue weighted by Crippen LogP contribution is 2.40. The maximum Gasteiger partial charge on any atom is 0.250 e. The Balaban J connectivity index is 3.27. The summed E-state index contributed by atoms with van der Waals surface area (Å²) in [4.78, 5) is 11.2. The normalized spacial score (nSPS) is 12.4. The first-order valence-corrected chi connectivity index (χ1v) is 9.32. The molecule has 18 heavy (non-hydrogen) atoms. The average molecular weight is 285 g/mol. The van der Waals surface area contributed by atoms with Gasteiger partial charge in [-0.15, -0.1) is 0 Å². The molecule has 4 heteroatoms. The van der Waals surface area contributed by atoms with Crippen LogP contribution in [0.2, 0.25) is 23.2 Å². The lowest BCUT2D eigenvalue weighted by Crippen LogP contribution is -2.44. The minimum Gasteiger partial charge on any atom is -0.543 e. The van der Waals surface area contributed by atoms with E-state index in [2.05, 4.69) is 33.9 Å². The Bertz CT molecular complexity index is 462. The van der Waals surface area contributed by atoms with Gasteiger partial charge in [0, 0.05) is 0 Å². The van der Waals surface area contributed by atoms with Crippen molar-refractivity contribution >= 4 is 26.2 Å². The van der Waals surface area contributed by atoms with Crippen LogP contribution in [0, 0.1) is 6.92 Å². The van der Waals surface area contributed by atoms with Crippen LogP contribution < -0.4 is 4.43 Å². The zero-order valence-electron chi connectivity index (χ0n) is 11.9. The Kier molecular flexibility index (Phi) is 4.29. The van der Waals surface area contributed by atoms with Gasteiger partial charge in [-0.3, -0.25) is 4.79 Å². The number of rotatable bonds is 3. The van der Waals surface area contributed by atoms with Crippen LogP contribution in [0.1, 0.15) is 36.7 Å². The van der Waals surface area contributed by atoms with Gasteiger partial charge in [-0.2, -0.15) is 0 Å².